The van der Waals surface area contributed by atoms with E-state index in [2.05, 4.69) is 59.5 Å². The summed E-state index contributed by atoms with van der Waals surface area (Å²) in [5.74, 6) is 0. The Morgan fingerprint density at radius 2 is 1.56 bits per heavy atom. The number of aliphatic hydroxyl groups excluding tert-OH is 1. The van der Waals surface area contributed by atoms with Crippen molar-refractivity contribution in [2.75, 3.05) is 13.2 Å². The maximum atomic E-state index is 9.73. The van der Waals surface area contributed by atoms with Gasteiger partial charge in [0.15, 0.2) is 0 Å². The highest BCUT2D eigenvalue weighted by atomic mass is 16.3. The Morgan fingerprint density at radius 1 is 0.840 bits per heavy atom. The van der Waals surface area contributed by atoms with Gasteiger partial charge in [-0.3, -0.25) is 4.90 Å². The molecule has 2 nitrogen and oxygen atoms in total. The van der Waals surface area contributed by atoms with E-state index in [9.17, 15) is 5.11 Å². The highest BCUT2D eigenvalue weighted by molar-refractivity contribution is 6.23. The van der Waals surface area contributed by atoms with Gasteiger partial charge in [-0.25, -0.2) is 0 Å². The number of piperidine rings is 1. The molecule has 2 heteroatoms. The standard InChI is InChI=1S/C23H23NO/c25-15-20-6-1-2-13-24(20)14-19-10-9-18-8-7-16-4-3-5-17-11-12-21(19)23(18)22(16)17/h3-5,7-12,20,25H,1-2,6,13-15H2/t20-/m0/s1. The molecule has 1 fully saturated rings. The first-order chi connectivity index (χ1) is 12.3. The summed E-state index contributed by atoms with van der Waals surface area (Å²) >= 11 is 0. The lowest BCUT2D eigenvalue weighted by Gasteiger charge is -2.35. The predicted octanol–water partition coefficient (Wildman–Crippen LogP) is 4.93. The smallest absolute Gasteiger partial charge is 0.0586 e. The van der Waals surface area contributed by atoms with Gasteiger partial charge in [0, 0.05) is 12.6 Å². The quantitative estimate of drug-likeness (QED) is 0.539. The van der Waals surface area contributed by atoms with Gasteiger partial charge in [0.1, 0.15) is 0 Å². The molecule has 1 N–H and O–H groups in total. The fourth-order valence-electron chi connectivity index (χ4n) is 4.63. The number of nitrogens with zero attached hydrogens (tertiary/aromatic N) is 1. The SMILES string of the molecule is OC[C@@H]1CCCCN1Cc1ccc2ccc3cccc4ccc1c2c34. The maximum absolute atomic E-state index is 9.73. The molecule has 0 spiro atoms. The van der Waals surface area contributed by atoms with E-state index in [4.69, 9.17) is 0 Å². The molecule has 1 atom stereocenters. The van der Waals surface area contributed by atoms with Crippen LogP contribution >= 0.6 is 0 Å². The average Bonchev–Trinajstić information content (AvgIpc) is 2.67. The minimum Gasteiger partial charge on any atom is -0.395 e. The topological polar surface area (TPSA) is 23.5 Å². The summed E-state index contributed by atoms with van der Waals surface area (Å²) in [5.41, 5.74) is 1.38. The lowest BCUT2D eigenvalue weighted by atomic mass is 9.91. The fraction of sp³-hybridized carbons (Fsp3) is 0.304. The molecule has 0 unspecified atom stereocenters. The molecule has 0 amide bonds. The molecular weight excluding hydrogens is 306 g/mol. The lowest BCUT2D eigenvalue weighted by Crippen LogP contribution is -2.41. The number of likely N-dealkylation sites (tertiary alicyclic amines) is 1. The Morgan fingerprint density at radius 3 is 2.36 bits per heavy atom. The molecule has 1 heterocycles. The van der Waals surface area contributed by atoms with Crippen LogP contribution in [0.2, 0.25) is 0 Å². The Hall–Kier alpha value is -2.16. The van der Waals surface area contributed by atoms with Crippen LogP contribution in [0.5, 0.6) is 0 Å². The first-order valence-electron chi connectivity index (χ1n) is 9.35. The minimum atomic E-state index is 0.270. The number of rotatable bonds is 3. The van der Waals surface area contributed by atoms with Crippen LogP contribution in [-0.2, 0) is 6.54 Å². The molecule has 5 rings (SSSR count). The van der Waals surface area contributed by atoms with Crippen LogP contribution in [0.25, 0.3) is 32.3 Å². The molecule has 1 aliphatic heterocycles. The summed E-state index contributed by atoms with van der Waals surface area (Å²) in [6, 6.07) is 20.4. The van der Waals surface area contributed by atoms with Gasteiger partial charge in [-0.2, -0.15) is 0 Å². The van der Waals surface area contributed by atoms with E-state index in [-0.39, 0.29) is 6.61 Å². The van der Waals surface area contributed by atoms with Crippen LogP contribution in [0.1, 0.15) is 24.8 Å². The van der Waals surface area contributed by atoms with Crippen LogP contribution < -0.4 is 0 Å². The monoisotopic (exact) mass is 329 g/mol. The van der Waals surface area contributed by atoms with Crippen LogP contribution in [0.15, 0.2) is 54.6 Å². The van der Waals surface area contributed by atoms with Crippen LogP contribution in [-0.4, -0.2) is 29.2 Å². The van der Waals surface area contributed by atoms with Crippen molar-refractivity contribution in [3.63, 3.8) is 0 Å². The Bertz CT molecular complexity index is 1020. The number of hydrogen-bond donors (Lipinski definition) is 1. The van der Waals surface area contributed by atoms with E-state index in [0.29, 0.717) is 6.04 Å². The van der Waals surface area contributed by atoms with Gasteiger partial charge in [0.05, 0.1) is 6.61 Å². The van der Waals surface area contributed by atoms with Gasteiger partial charge in [-0.15, -0.1) is 0 Å². The van der Waals surface area contributed by atoms with E-state index in [0.717, 1.165) is 19.5 Å². The fourth-order valence-corrected chi connectivity index (χ4v) is 4.63. The van der Waals surface area contributed by atoms with E-state index in [1.165, 1.54) is 50.7 Å². The second kappa shape index (κ2) is 5.98. The Balaban J connectivity index is 1.68. The zero-order valence-electron chi connectivity index (χ0n) is 14.4. The average molecular weight is 329 g/mol. The summed E-state index contributed by atoms with van der Waals surface area (Å²) < 4.78 is 0. The highest BCUT2D eigenvalue weighted by Crippen LogP contribution is 2.36. The maximum Gasteiger partial charge on any atom is 0.0586 e. The van der Waals surface area contributed by atoms with Crippen molar-refractivity contribution < 1.29 is 5.11 Å². The molecular formula is C23H23NO. The van der Waals surface area contributed by atoms with E-state index < -0.39 is 0 Å². The number of hydrogen-bond acceptors (Lipinski definition) is 2. The van der Waals surface area contributed by atoms with Gasteiger partial charge in [0.2, 0.25) is 0 Å². The summed E-state index contributed by atoms with van der Waals surface area (Å²) in [6.45, 7) is 2.29. The van der Waals surface area contributed by atoms with Crippen molar-refractivity contribution in [1.82, 2.24) is 4.90 Å². The third-order valence-corrected chi connectivity index (χ3v) is 5.95. The van der Waals surface area contributed by atoms with Gasteiger partial charge < -0.3 is 5.11 Å². The largest absolute Gasteiger partial charge is 0.395 e. The van der Waals surface area contributed by atoms with E-state index >= 15 is 0 Å². The van der Waals surface area contributed by atoms with Gasteiger partial charge in [-0.1, -0.05) is 61.0 Å². The molecule has 1 aliphatic rings. The normalized spacial score (nSPS) is 19.3. The van der Waals surface area contributed by atoms with Gasteiger partial charge in [0.25, 0.3) is 0 Å². The van der Waals surface area contributed by atoms with Crippen molar-refractivity contribution in [2.24, 2.45) is 0 Å². The number of aliphatic hydroxyl groups is 1. The second-order valence-corrected chi connectivity index (χ2v) is 7.38. The predicted molar refractivity (Wildman–Crippen MR) is 105 cm³/mol. The van der Waals surface area contributed by atoms with Crippen LogP contribution in [0.3, 0.4) is 0 Å². The van der Waals surface area contributed by atoms with Crippen LogP contribution in [0.4, 0.5) is 0 Å². The van der Waals surface area contributed by atoms with Gasteiger partial charge in [-0.05, 0) is 57.3 Å². The third kappa shape index (κ3) is 2.40. The van der Waals surface area contributed by atoms with Crippen molar-refractivity contribution in [2.45, 2.75) is 31.8 Å². The first-order valence-corrected chi connectivity index (χ1v) is 9.35. The van der Waals surface area contributed by atoms with Crippen molar-refractivity contribution >= 4 is 32.3 Å². The Kier molecular flexibility index (Phi) is 3.61. The van der Waals surface area contributed by atoms with E-state index in [1.54, 1.807) is 0 Å². The molecule has 0 saturated carbocycles. The molecule has 25 heavy (non-hydrogen) atoms. The molecule has 4 aromatic carbocycles. The van der Waals surface area contributed by atoms with Crippen molar-refractivity contribution in [3.8, 4) is 0 Å². The van der Waals surface area contributed by atoms with E-state index in [1.807, 2.05) is 0 Å². The molecule has 0 aromatic heterocycles. The molecule has 0 aliphatic carbocycles. The summed E-state index contributed by atoms with van der Waals surface area (Å²) in [4.78, 5) is 2.47. The lowest BCUT2D eigenvalue weighted by molar-refractivity contribution is 0.0845. The molecule has 0 radical (unpaired) electrons. The summed E-state index contributed by atoms with van der Waals surface area (Å²) in [5, 5.41) is 17.8. The van der Waals surface area contributed by atoms with Gasteiger partial charge >= 0.3 is 0 Å². The van der Waals surface area contributed by atoms with Crippen molar-refractivity contribution in [3.05, 3.63) is 60.2 Å². The molecule has 4 aromatic rings. The van der Waals surface area contributed by atoms with Crippen molar-refractivity contribution in [1.29, 1.82) is 0 Å². The second-order valence-electron chi connectivity index (χ2n) is 7.38. The minimum absolute atomic E-state index is 0.270. The molecule has 1 saturated heterocycles. The molecule has 126 valence electrons. The van der Waals surface area contributed by atoms with Crippen LogP contribution in [0, 0.1) is 0 Å². The number of benzene rings is 4. The third-order valence-electron chi connectivity index (χ3n) is 5.95. The molecule has 0 bridgehead atoms. The first kappa shape index (κ1) is 15.1. The highest BCUT2D eigenvalue weighted by Gasteiger charge is 2.22. The zero-order chi connectivity index (χ0) is 16.8. The zero-order valence-corrected chi connectivity index (χ0v) is 14.4. The Labute approximate surface area is 148 Å². The summed E-state index contributed by atoms with van der Waals surface area (Å²) in [6.07, 6.45) is 3.59. The summed E-state index contributed by atoms with van der Waals surface area (Å²) in [7, 11) is 0.